The lowest BCUT2D eigenvalue weighted by atomic mass is 9.84. The zero-order valence-corrected chi connectivity index (χ0v) is 10.9. The molecule has 1 aliphatic heterocycles. The first-order valence-corrected chi connectivity index (χ1v) is 6.08. The topological polar surface area (TPSA) is 51.2 Å². The average molecular weight is 270 g/mol. The van der Waals surface area contributed by atoms with Crippen molar-refractivity contribution in [3.8, 4) is 0 Å². The van der Waals surface area contributed by atoms with Crippen molar-refractivity contribution >= 4 is 5.91 Å². The Bertz CT molecular complexity index is 490. The fourth-order valence-corrected chi connectivity index (χ4v) is 2.04. The minimum Gasteiger partial charge on any atom is -0.380 e. The third-order valence-electron chi connectivity index (χ3n) is 3.11. The first-order valence-electron chi connectivity index (χ1n) is 6.08. The number of amides is 1. The van der Waals surface area contributed by atoms with E-state index in [4.69, 9.17) is 4.74 Å². The van der Waals surface area contributed by atoms with Crippen LogP contribution in [0.5, 0.6) is 0 Å². The molecule has 0 aromatic carbocycles. The summed E-state index contributed by atoms with van der Waals surface area (Å²) in [5.41, 5.74) is -0.108. The molecule has 0 saturated carbocycles. The van der Waals surface area contributed by atoms with E-state index in [0.29, 0.717) is 19.6 Å². The Morgan fingerprint density at radius 2 is 2.26 bits per heavy atom. The SMILES string of the molecule is CC(NC(=O)CC1(C)COC1)c1ncc(F)cc1F. The van der Waals surface area contributed by atoms with Gasteiger partial charge in [-0.05, 0) is 6.92 Å². The highest BCUT2D eigenvalue weighted by molar-refractivity contribution is 5.77. The zero-order chi connectivity index (χ0) is 14.0. The molecule has 0 radical (unpaired) electrons. The van der Waals surface area contributed by atoms with Gasteiger partial charge in [-0.3, -0.25) is 9.78 Å². The molecule has 0 spiro atoms. The van der Waals surface area contributed by atoms with Gasteiger partial charge in [0, 0.05) is 17.9 Å². The van der Waals surface area contributed by atoms with Gasteiger partial charge < -0.3 is 10.1 Å². The molecule has 1 aromatic heterocycles. The van der Waals surface area contributed by atoms with E-state index in [2.05, 4.69) is 10.3 Å². The molecular weight excluding hydrogens is 254 g/mol. The predicted octanol–water partition coefficient (Wildman–Crippen LogP) is 1.96. The van der Waals surface area contributed by atoms with Gasteiger partial charge in [-0.25, -0.2) is 8.78 Å². The lowest BCUT2D eigenvalue weighted by Gasteiger charge is -2.37. The lowest BCUT2D eigenvalue weighted by Crippen LogP contribution is -2.44. The van der Waals surface area contributed by atoms with Crippen LogP contribution in [0.1, 0.15) is 32.0 Å². The van der Waals surface area contributed by atoms with E-state index < -0.39 is 17.7 Å². The summed E-state index contributed by atoms with van der Waals surface area (Å²) in [5, 5.41) is 2.66. The Kier molecular flexibility index (Phi) is 3.80. The first kappa shape index (κ1) is 13.9. The Morgan fingerprint density at radius 3 is 2.79 bits per heavy atom. The zero-order valence-electron chi connectivity index (χ0n) is 10.9. The second-order valence-electron chi connectivity index (χ2n) is 5.29. The van der Waals surface area contributed by atoms with Crippen LogP contribution in [0.3, 0.4) is 0 Å². The number of nitrogens with one attached hydrogen (secondary N) is 1. The first-order chi connectivity index (χ1) is 8.89. The Hall–Kier alpha value is -1.56. The van der Waals surface area contributed by atoms with Gasteiger partial charge in [-0.2, -0.15) is 0 Å². The van der Waals surface area contributed by atoms with Crippen LogP contribution in [0.2, 0.25) is 0 Å². The molecule has 1 fully saturated rings. The monoisotopic (exact) mass is 270 g/mol. The number of ether oxygens (including phenoxy) is 1. The minimum absolute atomic E-state index is 0.0322. The van der Waals surface area contributed by atoms with Crippen LogP contribution in [0.15, 0.2) is 12.3 Å². The van der Waals surface area contributed by atoms with E-state index in [0.717, 1.165) is 12.3 Å². The summed E-state index contributed by atoms with van der Waals surface area (Å²) in [6, 6.07) is 0.157. The Morgan fingerprint density at radius 1 is 1.58 bits per heavy atom. The third kappa shape index (κ3) is 3.26. The largest absolute Gasteiger partial charge is 0.380 e. The molecule has 1 atom stereocenters. The smallest absolute Gasteiger partial charge is 0.221 e. The average Bonchev–Trinajstić information content (AvgIpc) is 2.26. The molecule has 1 amide bonds. The van der Waals surface area contributed by atoms with Crippen molar-refractivity contribution in [1.82, 2.24) is 10.3 Å². The van der Waals surface area contributed by atoms with Crippen molar-refractivity contribution in [3.05, 3.63) is 29.6 Å². The molecule has 6 heteroatoms. The fraction of sp³-hybridized carbons (Fsp3) is 0.538. The van der Waals surface area contributed by atoms with Crippen molar-refractivity contribution in [2.75, 3.05) is 13.2 Å². The molecule has 1 N–H and O–H groups in total. The molecule has 1 aliphatic rings. The van der Waals surface area contributed by atoms with Crippen molar-refractivity contribution < 1.29 is 18.3 Å². The molecule has 1 aromatic rings. The van der Waals surface area contributed by atoms with Gasteiger partial charge in [0.15, 0.2) is 0 Å². The quantitative estimate of drug-likeness (QED) is 0.910. The van der Waals surface area contributed by atoms with Crippen LogP contribution < -0.4 is 5.32 Å². The summed E-state index contributed by atoms with van der Waals surface area (Å²) in [6.45, 7) is 4.67. The molecule has 0 bridgehead atoms. The van der Waals surface area contributed by atoms with E-state index in [1.54, 1.807) is 6.92 Å². The molecule has 19 heavy (non-hydrogen) atoms. The number of hydrogen-bond donors (Lipinski definition) is 1. The number of halogens is 2. The maximum atomic E-state index is 13.5. The summed E-state index contributed by atoms with van der Waals surface area (Å²) in [7, 11) is 0. The summed E-state index contributed by atoms with van der Waals surface area (Å²) < 4.78 is 31.3. The van der Waals surface area contributed by atoms with Crippen LogP contribution in [-0.2, 0) is 9.53 Å². The van der Waals surface area contributed by atoms with E-state index in [9.17, 15) is 13.6 Å². The summed E-state index contributed by atoms with van der Waals surface area (Å²) in [5.74, 6) is -1.69. The van der Waals surface area contributed by atoms with Gasteiger partial charge >= 0.3 is 0 Å². The van der Waals surface area contributed by atoms with E-state index in [1.165, 1.54) is 0 Å². The molecule has 104 valence electrons. The maximum Gasteiger partial charge on any atom is 0.221 e. The predicted molar refractivity (Wildman–Crippen MR) is 64.3 cm³/mol. The molecule has 2 rings (SSSR count). The highest BCUT2D eigenvalue weighted by Gasteiger charge is 2.35. The van der Waals surface area contributed by atoms with Gasteiger partial charge in [0.25, 0.3) is 0 Å². The number of carbonyl (C=O) groups is 1. The third-order valence-corrected chi connectivity index (χ3v) is 3.11. The second kappa shape index (κ2) is 5.21. The van der Waals surface area contributed by atoms with E-state index in [-0.39, 0.29) is 17.0 Å². The van der Waals surface area contributed by atoms with Gasteiger partial charge in [0.05, 0.1) is 31.1 Å². The summed E-state index contributed by atoms with van der Waals surface area (Å²) >= 11 is 0. The normalized spacial score (nSPS) is 18.5. The number of hydrogen-bond acceptors (Lipinski definition) is 3. The molecule has 4 nitrogen and oxygen atoms in total. The van der Waals surface area contributed by atoms with Crippen LogP contribution in [-0.4, -0.2) is 24.1 Å². The van der Waals surface area contributed by atoms with Gasteiger partial charge in [0.2, 0.25) is 5.91 Å². The van der Waals surface area contributed by atoms with Crippen LogP contribution in [0, 0.1) is 17.0 Å². The fourth-order valence-electron chi connectivity index (χ4n) is 2.04. The molecule has 0 aliphatic carbocycles. The van der Waals surface area contributed by atoms with E-state index >= 15 is 0 Å². The van der Waals surface area contributed by atoms with Gasteiger partial charge in [-0.1, -0.05) is 6.92 Å². The number of rotatable bonds is 4. The van der Waals surface area contributed by atoms with Crippen molar-refractivity contribution in [2.24, 2.45) is 5.41 Å². The molecule has 2 heterocycles. The second-order valence-corrected chi connectivity index (χ2v) is 5.29. The van der Waals surface area contributed by atoms with Crippen LogP contribution in [0.4, 0.5) is 8.78 Å². The van der Waals surface area contributed by atoms with Crippen molar-refractivity contribution in [2.45, 2.75) is 26.3 Å². The van der Waals surface area contributed by atoms with Crippen LogP contribution >= 0.6 is 0 Å². The summed E-state index contributed by atoms with van der Waals surface area (Å²) in [6.07, 6.45) is 1.25. The van der Waals surface area contributed by atoms with Gasteiger partial charge in [0.1, 0.15) is 11.6 Å². The lowest BCUT2D eigenvalue weighted by molar-refractivity contribution is -0.139. The van der Waals surface area contributed by atoms with E-state index in [1.807, 2.05) is 6.92 Å². The van der Waals surface area contributed by atoms with Crippen molar-refractivity contribution in [1.29, 1.82) is 0 Å². The molecular formula is C13H16F2N2O2. The number of nitrogens with zero attached hydrogens (tertiary/aromatic N) is 1. The molecule has 1 unspecified atom stereocenters. The number of pyridine rings is 1. The van der Waals surface area contributed by atoms with Crippen molar-refractivity contribution in [3.63, 3.8) is 0 Å². The maximum absolute atomic E-state index is 13.5. The van der Waals surface area contributed by atoms with Gasteiger partial charge in [-0.15, -0.1) is 0 Å². The highest BCUT2D eigenvalue weighted by atomic mass is 19.1. The highest BCUT2D eigenvalue weighted by Crippen LogP contribution is 2.30. The molecule has 1 saturated heterocycles. The number of carbonyl (C=O) groups excluding carboxylic acids is 1. The standard InChI is InChI=1S/C13H16F2N2O2/c1-8(12-10(15)3-9(14)5-16-12)17-11(18)4-13(2)6-19-7-13/h3,5,8H,4,6-7H2,1-2H3,(H,17,18). The Labute approximate surface area is 110 Å². The van der Waals surface area contributed by atoms with Crippen LogP contribution in [0.25, 0.3) is 0 Å². The minimum atomic E-state index is -0.758. The Balaban J connectivity index is 1.96. The number of aromatic nitrogens is 1. The summed E-state index contributed by atoms with van der Waals surface area (Å²) in [4.78, 5) is 15.5.